The molecule has 0 bridgehead atoms. The van der Waals surface area contributed by atoms with Gasteiger partial charge in [0.05, 0.1) is 6.21 Å². The highest BCUT2D eigenvalue weighted by atomic mass is 16.5. The van der Waals surface area contributed by atoms with E-state index in [1.165, 1.54) is 6.21 Å². The Bertz CT molecular complexity index is 968. The monoisotopic (exact) mass is 384 g/mol. The molecule has 0 aliphatic rings. The second kappa shape index (κ2) is 9.36. The maximum atomic E-state index is 12.9. The fourth-order valence-electron chi connectivity index (χ4n) is 2.81. The fourth-order valence-corrected chi connectivity index (χ4v) is 2.81. The van der Waals surface area contributed by atoms with E-state index in [1.54, 1.807) is 72.8 Å². The average molecular weight is 384 g/mol. The van der Waals surface area contributed by atoms with Crippen LogP contribution in [0.2, 0.25) is 0 Å². The van der Waals surface area contributed by atoms with Gasteiger partial charge in [-0.25, -0.2) is 5.43 Å². The maximum Gasteiger partial charge on any atom is 0.281 e. The van der Waals surface area contributed by atoms with Crippen molar-refractivity contribution in [3.05, 3.63) is 102 Å². The van der Waals surface area contributed by atoms with E-state index in [9.17, 15) is 9.90 Å². The van der Waals surface area contributed by atoms with Gasteiger partial charge in [-0.15, -0.1) is 6.42 Å². The summed E-state index contributed by atoms with van der Waals surface area (Å²) >= 11 is 0. The van der Waals surface area contributed by atoms with Crippen LogP contribution >= 0.6 is 0 Å². The first-order valence-corrected chi connectivity index (χ1v) is 8.98. The normalized spacial score (nSPS) is 11.0. The lowest BCUT2D eigenvalue weighted by atomic mass is 9.85. The molecule has 0 atom stereocenters. The summed E-state index contributed by atoms with van der Waals surface area (Å²) in [5.74, 6) is 2.39. The van der Waals surface area contributed by atoms with Crippen LogP contribution in [0, 0.1) is 12.3 Å². The molecule has 0 saturated heterocycles. The van der Waals surface area contributed by atoms with Crippen molar-refractivity contribution in [3.8, 4) is 18.1 Å². The minimum Gasteiger partial charge on any atom is -0.481 e. The van der Waals surface area contributed by atoms with Crippen molar-refractivity contribution >= 4 is 12.1 Å². The van der Waals surface area contributed by atoms with Crippen molar-refractivity contribution in [1.29, 1.82) is 0 Å². The molecule has 5 nitrogen and oxygen atoms in total. The van der Waals surface area contributed by atoms with Crippen LogP contribution in [0.4, 0.5) is 0 Å². The molecule has 5 heteroatoms. The standard InChI is InChI=1S/C24H20N2O3/c1-2-17-29-22-15-13-19(14-16-22)18-25-26-23(27)24(28,20-9-5-3-6-10-20)21-11-7-4-8-12-21/h1,3-16,18,28H,17H2,(H,26,27)/b25-18+. The number of hydrogen-bond acceptors (Lipinski definition) is 4. The van der Waals surface area contributed by atoms with E-state index in [4.69, 9.17) is 11.2 Å². The number of amides is 1. The lowest BCUT2D eigenvalue weighted by Gasteiger charge is -2.27. The zero-order valence-electron chi connectivity index (χ0n) is 15.7. The van der Waals surface area contributed by atoms with Crippen LogP contribution in [-0.4, -0.2) is 23.8 Å². The summed E-state index contributed by atoms with van der Waals surface area (Å²) in [4.78, 5) is 12.9. The molecule has 144 valence electrons. The van der Waals surface area contributed by atoms with Crippen molar-refractivity contribution in [1.82, 2.24) is 5.43 Å². The molecule has 0 saturated carbocycles. The van der Waals surface area contributed by atoms with E-state index in [0.29, 0.717) is 16.9 Å². The first kappa shape index (κ1) is 19.9. The van der Waals surface area contributed by atoms with Gasteiger partial charge in [0.1, 0.15) is 12.4 Å². The lowest BCUT2D eigenvalue weighted by molar-refractivity contribution is -0.136. The van der Waals surface area contributed by atoms with Gasteiger partial charge < -0.3 is 9.84 Å². The summed E-state index contributed by atoms with van der Waals surface area (Å²) < 4.78 is 5.31. The number of ether oxygens (including phenoxy) is 1. The number of carbonyl (C=O) groups is 1. The van der Waals surface area contributed by atoms with Gasteiger partial charge in [0.15, 0.2) is 5.60 Å². The molecule has 0 unspecified atom stereocenters. The maximum absolute atomic E-state index is 12.9. The number of terminal acetylenes is 1. The van der Waals surface area contributed by atoms with Crippen LogP contribution in [0.25, 0.3) is 0 Å². The predicted octanol–water partition coefficient (Wildman–Crippen LogP) is 3.08. The predicted molar refractivity (Wildman–Crippen MR) is 112 cm³/mol. The van der Waals surface area contributed by atoms with Crippen LogP contribution in [0.5, 0.6) is 5.75 Å². The molecule has 3 aromatic carbocycles. The molecule has 0 spiro atoms. The number of benzene rings is 3. The summed E-state index contributed by atoms with van der Waals surface area (Å²) in [6.07, 6.45) is 6.65. The van der Waals surface area contributed by atoms with Gasteiger partial charge in [-0.3, -0.25) is 4.79 Å². The summed E-state index contributed by atoms with van der Waals surface area (Å²) in [6, 6.07) is 24.6. The molecular weight excluding hydrogens is 364 g/mol. The summed E-state index contributed by atoms with van der Waals surface area (Å²) in [5.41, 5.74) is 2.23. The summed E-state index contributed by atoms with van der Waals surface area (Å²) in [7, 11) is 0. The smallest absolute Gasteiger partial charge is 0.281 e. The van der Waals surface area contributed by atoms with Gasteiger partial charge in [0.2, 0.25) is 0 Å². The molecule has 0 aliphatic heterocycles. The van der Waals surface area contributed by atoms with Crippen molar-refractivity contribution in [2.45, 2.75) is 5.60 Å². The molecule has 0 aromatic heterocycles. The second-order valence-corrected chi connectivity index (χ2v) is 6.20. The Morgan fingerprint density at radius 1 is 1.00 bits per heavy atom. The van der Waals surface area contributed by atoms with Gasteiger partial charge in [-0.2, -0.15) is 5.10 Å². The largest absolute Gasteiger partial charge is 0.481 e. The minimum atomic E-state index is -1.87. The fraction of sp³-hybridized carbons (Fsp3) is 0.0833. The van der Waals surface area contributed by atoms with E-state index < -0.39 is 11.5 Å². The van der Waals surface area contributed by atoms with Crippen LogP contribution < -0.4 is 10.2 Å². The number of aliphatic hydroxyl groups is 1. The van der Waals surface area contributed by atoms with Gasteiger partial charge in [0.25, 0.3) is 5.91 Å². The number of nitrogens with zero attached hydrogens (tertiary/aromatic N) is 1. The second-order valence-electron chi connectivity index (χ2n) is 6.20. The third kappa shape index (κ3) is 4.70. The van der Waals surface area contributed by atoms with Gasteiger partial charge in [-0.05, 0) is 41.0 Å². The van der Waals surface area contributed by atoms with E-state index in [0.717, 1.165) is 5.56 Å². The minimum absolute atomic E-state index is 0.195. The first-order chi connectivity index (χ1) is 14.1. The molecule has 3 rings (SSSR count). The Morgan fingerprint density at radius 3 is 2.07 bits per heavy atom. The topological polar surface area (TPSA) is 70.9 Å². The highest BCUT2D eigenvalue weighted by Gasteiger charge is 2.39. The number of rotatable bonds is 7. The molecule has 2 N–H and O–H groups in total. The van der Waals surface area contributed by atoms with Crippen molar-refractivity contribution in [2.75, 3.05) is 6.61 Å². The average Bonchev–Trinajstić information content (AvgIpc) is 2.79. The van der Waals surface area contributed by atoms with Gasteiger partial charge >= 0.3 is 0 Å². The molecule has 3 aromatic rings. The Morgan fingerprint density at radius 2 is 1.55 bits per heavy atom. The molecule has 0 fully saturated rings. The third-order valence-corrected chi connectivity index (χ3v) is 4.29. The van der Waals surface area contributed by atoms with Crippen molar-refractivity contribution in [2.24, 2.45) is 5.10 Å². The van der Waals surface area contributed by atoms with E-state index in [-0.39, 0.29) is 6.61 Å². The number of hydrogen-bond donors (Lipinski definition) is 2. The third-order valence-electron chi connectivity index (χ3n) is 4.29. The summed E-state index contributed by atoms with van der Waals surface area (Å²) in [6.45, 7) is 0.195. The Kier molecular flexibility index (Phi) is 6.41. The molecular formula is C24H20N2O3. The highest BCUT2D eigenvalue weighted by molar-refractivity contribution is 5.91. The number of carbonyl (C=O) groups excluding carboxylic acids is 1. The Hall–Kier alpha value is -3.88. The van der Waals surface area contributed by atoms with Gasteiger partial charge in [-0.1, -0.05) is 66.6 Å². The quantitative estimate of drug-likeness (QED) is 0.374. The first-order valence-electron chi connectivity index (χ1n) is 8.98. The molecule has 29 heavy (non-hydrogen) atoms. The number of nitrogens with one attached hydrogen (secondary N) is 1. The summed E-state index contributed by atoms with van der Waals surface area (Å²) in [5, 5.41) is 15.3. The number of hydrazone groups is 1. The van der Waals surface area contributed by atoms with Crippen LogP contribution in [-0.2, 0) is 10.4 Å². The Balaban J connectivity index is 1.77. The van der Waals surface area contributed by atoms with Crippen LogP contribution in [0.3, 0.4) is 0 Å². The zero-order chi connectivity index (χ0) is 20.5. The van der Waals surface area contributed by atoms with Crippen LogP contribution in [0.1, 0.15) is 16.7 Å². The van der Waals surface area contributed by atoms with Crippen LogP contribution in [0.15, 0.2) is 90.0 Å². The van der Waals surface area contributed by atoms with E-state index in [2.05, 4.69) is 16.4 Å². The van der Waals surface area contributed by atoms with E-state index in [1.807, 2.05) is 12.1 Å². The highest BCUT2D eigenvalue weighted by Crippen LogP contribution is 2.29. The molecule has 0 radical (unpaired) electrons. The SMILES string of the molecule is C#CCOc1ccc(/C=N/NC(=O)C(O)(c2ccccc2)c2ccccc2)cc1. The molecule has 1 amide bonds. The van der Waals surface area contributed by atoms with E-state index >= 15 is 0 Å². The van der Waals surface area contributed by atoms with Crippen molar-refractivity contribution in [3.63, 3.8) is 0 Å². The molecule has 0 aliphatic carbocycles. The molecule has 0 heterocycles. The lowest BCUT2D eigenvalue weighted by Crippen LogP contribution is -2.43. The van der Waals surface area contributed by atoms with Gasteiger partial charge in [0, 0.05) is 0 Å². The Labute approximate surface area is 169 Å². The zero-order valence-corrected chi connectivity index (χ0v) is 15.7. The van der Waals surface area contributed by atoms with Crippen molar-refractivity contribution < 1.29 is 14.6 Å².